The normalized spacial score (nSPS) is 28.4. The van der Waals surface area contributed by atoms with Gasteiger partial charge in [-0.15, -0.1) is 0 Å². The van der Waals surface area contributed by atoms with E-state index in [1.165, 1.54) is 64.2 Å². The molecule has 1 saturated carbocycles. The van der Waals surface area contributed by atoms with Crippen LogP contribution in [0.3, 0.4) is 0 Å². The Kier molecular flexibility index (Phi) is 7.95. The summed E-state index contributed by atoms with van der Waals surface area (Å²) in [6.45, 7) is 1.03. The molecule has 0 aromatic carbocycles. The van der Waals surface area contributed by atoms with E-state index >= 15 is 0 Å². The fourth-order valence-corrected chi connectivity index (χ4v) is 3.00. The van der Waals surface area contributed by atoms with Crippen LogP contribution in [0.2, 0.25) is 0 Å². The van der Waals surface area contributed by atoms with Gasteiger partial charge in [0.15, 0.2) is 12.5 Å². The molecular formula is C13H24O2S. The van der Waals surface area contributed by atoms with E-state index in [1.807, 2.05) is 0 Å². The van der Waals surface area contributed by atoms with Gasteiger partial charge in [-0.1, -0.05) is 38.5 Å². The van der Waals surface area contributed by atoms with Gasteiger partial charge in [0.05, 0.1) is 6.10 Å². The van der Waals surface area contributed by atoms with E-state index in [4.69, 9.17) is 8.95 Å². The maximum absolute atomic E-state index is 7.83. The predicted octanol–water partition coefficient (Wildman–Crippen LogP) is 3.58. The molecule has 0 N–H and O–H groups in total. The molecule has 1 aliphatic heterocycles. The van der Waals surface area contributed by atoms with E-state index in [0.717, 1.165) is 12.5 Å². The summed E-state index contributed by atoms with van der Waals surface area (Å²) in [5.74, 6) is 0.899. The second kappa shape index (κ2) is 9.06. The number of ether oxygens (including phenoxy) is 1. The van der Waals surface area contributed by atoms with Crippen LogP contribution in [0.1, 0.15) is 64.2 Å². The summed E-state index contributed by atoms with van der Waals surface area (Å²) in [6.07, 6.45) is 14.7. The van der Waals surface area contributed by atoms with Crippen molar-refractivity contribution in [3.8, 4) is 0 Å². The summed E-state index contributed by atoms with van der Waals surface area (Å²) >= 11 is 2.83. The van der Waals surface area contributed by atoms with Crippen LogP contribution >= 0.6 is 0 Å². The van der Waals surface area contributed by atoms with Crippen LogP contribution in [0.25, 0.3) is 0 Å². The van der Waals surface area contributed by atoms with Crippen molar-refractivity contribution in [1.82, 2.24) is 0 Å². The molecule has 1 heterocycles. The van der Waals surface area contributed by atoms with Gasteiger partial charge in [0.2, 0.25) is 0 Å². The third-order valence-electron chi connectivity index (χ3n) is 3.89. The first-order chi connectivity index (χ1) is 7.97. The van der Waals surface area contributed by atoms with E-state index in [-0.39, 0.29) is 0 Å². The smallest absolute Gasteiger partial charge is 0.197 e. The maximum atomic E-state index is 7.83. The van der Waals surface area contributed by atoms with Gasteiger partial charge in [-0.2, -0.15) is 4.21 Å². The van der Waals surface area contributed by atoms with Crippen LogP contribution in [0.5, 0.6) is 0 Å². The molecule has 3 heteroatoms. The molecule has 2 aliphatic rings. The molecule has 0 aromatic rings. The maximum Gasteiger partial charge on any atom is 0.197 e. The Labute approximate surface area is 105 Å². The third kappa shape index (κ3) is 4.88. The average Bonchev–Trinajstić information content (AvgIpc) is 2.76. The van der Waals surface area contributed by atoms with E-state index in [2.05, 4.69) is 12.5 Å². The van der Waals surface area contributed by atoms with Crippen molar-refractivity contribution in [2.45, 2.75) is 70.3 Å². The average molecular weight is 244 g/mol. The molecule has 0 aromatic heterocycles. The molecular weight excluding hydrogens is 220 g/mol. The molecule has 0 bridgehead atoms. The van der Waals surface area contributed by atoms with Crippen molar-refractivity contribution in [3.63, 3.8) is 0 Å². The molecule has 2 rings (SSSR count). The first-order valence-electron chi connectivity index (χ1n) is 6.75. The molecule has 1 unspecified atom stereocenters. The summed E-state index contributed by atoms with van der Waals surface area (Å²) in [5, 5.41) is 0. The standard InChI is InChI=1S/C13H24O.OS/c1-2-5-9-12(8-4-1)13-10-6-3-7-11-14-13;1-2/h12-13H,1-11H2;. The molecule has 2 nitrogen and oxygen atoms in total. The fourth-order valence-electron chi connectivity index (χ4n) is 3.00. The van der Waals surface area contributed by atoms with Crippen LogP contribution < -0.4 is 0 Å². The van der Waals surface area contributed by atoms with Crippen LogP contribution in [0.4, 0.5) is 0 Å². The van der Waals surface area contributed by atoms with Crippen LogP contribution in [-0.4, -0.2) is 16.9 Å². The van der Waals surface area contributed by atoms with Crippen molar-refractivity contribution in [3.05, 3.63) is 0 Å². The van der Waals surface area contributed by atoms with Gasteiger partial charge >= 0.3 is 0 Å². The number of hydrogen-bond donors (Lipinski definition) is 0. The monoisotopic (exact) mass is 244 g/mol. The van der Waals surface area contributed by atoms with Gasteiger partial charge in [0.1, 0.15) is 0 Å². The van der Waals surface area contributed by atoms with E-state index < -0.39 is 0 Å². The molecule has 1 atom stereocenters. The summed E-state index contributed by atoms with van der Waals surface area (Å²) in [6, 6.07) is 0. The Bertz CT molecular complexity index is 141. The fraction of sp³-hybridized carbons (Fsp3) is 1.00. The lowest BCUT2D eigenvalue weighted by Gasteiger charge is -2.24. The van der Waals surface area contributed by atoms with E-state index in [1.54, 1.807) is 0 Å². The first-order valence-corrected chi connectivity index (χ1v) is 7.08. The van der Waals surface area contributed by atoms with Crippen molar-refractivity contribution < 1.29 is 8.95 Å². The highest BCUT2D eigenvalue weighted by atomic mass is 32.1. The van der Waals surface area contributed by atoms with Crippen molar-refractivity contribution in [2.24, 2.45) is 5.92 Å². The summed E-state index contributed by atoms with van der Waals surface area (Å²) in [5.41, 5.74) is 0. The summed E-state index contributed by atoms with van der Waals surface area (Å²) < 4.78 is 13.8. The predicted molar refractivity (Wildman–Crippen MR) is 67.5 cm³/mol. The molecule has 0 amide bonds. The minimum atomic E-state index is 0.621. The van der Waals surface area contributed by atoms with Crippen LogP contribution in [0.15, 0.2) is 0 Å². The second-order valence-electron chi connectivity index (χ2n) is 5.01. The van der Waals surface area contributed by atoms with Gasteiger partial charge in [-0.05, 0) is 31.6 Å². The van der Waals surface area contributed by atoms with Gasteiger partial charge in [0, 0.05) is 6.61 Å². The van der Waals surface area contributed by atoms with Crippen molar-refractivity contribution >= 4 is 12.5 Å². The van der Waals surface area contributed by atoms with Crippen LogP contribution in [-0.2, 0) is 17.3 Å². The molecule has 16 heavy (non-hydrogen) atoms. The quantitative estimate of drug-likeness (QED) is 0.659. The van der Waals surface area contributed by atoms with Gasteiger partial charge in [0.25, 0.3) is 0 Å². The number of hydrogen-bond acceptors (Lipinski definition) is 3. The minimum Gasteiger partial charge on any atom is -0.378 e. The highest BCUT2D eigenvalue weighted by Crippen LogP contribution is 2.30. The molecule has 2 fully saturated rings. The molecule has 1 saturated heterocycles. The third-order valence-corrected chi connectivity index (χ3v) is 3.89. The lowest BCUT2D eigenvalue weighted by Crippen LogP contribution is -2.23. The SMILES string of the molecule is C1CCCC(C2CCCCCO2)CC1.O=S. The van der Waals surface area contributed by atoms with Gasteiger partial charge < -0.3 is 4.74 Å². The van der Waals surface area contributed by atoms with Crippen molar-refractivity contribution in [2.75, 3.05) is 6.61 Å². The van der Waals surface area contributed by atoms with Crippen LogP contribution in [0, 0.1) is 5.92 Å². The topological polar surface area (TPSA) is 26.3 Å². The zero-order valence-corrected chi connectivity index (χ0v) is 11.0. The minimum absolute atomic E-state index is 0.621. The molecule has 0 radical (unpaired) electrons. The largest absolute Gasteiger partial charge is 0.378 e. The highest BCUT2D eigenvalue weighted by molar-refractivity contribution is 7.44. The zero-order valence-electron chi connectivity index (χ0n) is 10.2. The Morgan fingerprint density at radius 2 is 1.31 bits per heavy atom. The highest BCUT2D eigenvalue weighted by Gasteiger charge is 2.24. The second-order valence-corrected chi connectivity index (χ2v) is 5.01. The lowest BCUT2D eigenvalue weighted by molar-refractivity contribution is 0.0116. The van der Waals surface area contributed by atoms with Crippen molar-refractivity contribution in [1.29, 1.82) is 0 Å². The molecule has 1 aliphatic carbocycles. The Hall–Kier alpha value is -0.0200. The lowest BCUT2D eigenvalue weighted by atomic mass is 9.91. The Morgan fingerprint density at radius 3 is 2.00 bits per heavy atom. The summed E-state index contributed by atoms with van der Waals surface area (Å²) in [7, 11) is 0. The first kappa shape index (κ1) is 14.0. The van der Waals surface area contributed by atoms with E-state index in [0.29, 0.717) is 6.10 Å². The zero-order chi connectivity index (χ0) is 11.6. The Morgan fingerprint density at radius 1 is 0.750 bits per heavy atom. The molecule has 94 valence electrons. The van der Waals surface area contributed by atoms with Gasteiger partial charge in [-0.3, -0.25) is 0 Å². The summed E-state index contributed by atoms with van der Waals surface area (Å²) in [4.78, 5) is 0. The molecule has 0 spiro atoms. The van der Waals surface area contributed by atoms with E-state index in [9.17, 15) is 0 Å². The number of rotatable bonds is 1. The van der Waals surface area contributed by atoms with Gasteiger partial charge in [-0.25, -0.2) is 0 Å². The Balaban J connectivity index is 0.000000606.